The summed E-state index contributed by atoms with van der Waals surface area (Å²) in [6.07, 6.45) is 1.20. The number of likely N-dealkylation sites (N-methyl/N-ethyl adjacent to an activating group) is 1. The minimum absolute atomic E-state index is 0.521. The molecular formula is C14H24N2. The van der Waals surface area contributed by atoms with Crippen molar-refractivity contribution in [3.63, 3.8) is 0 Å². The number of rotatable bonds is 6. The van der Waals surface area contributed by atoms with Crippen LogP contribution in [0.5, 0.6) is 0 Å². The third-order valence-electron chi connectivity index (χ3n) is 3.02. The van der Waals surface area contributed by atoms with Crippen molar-refractivity contribution in [1.82, 2.24) is 5.32 Å². The highest BCUT2D eigenvalue weighted by molar-refractivity contribution is 5.52. The van der Waals surface area contributed by atoms with Crippen LogP contribution in [0.3, 0.4) is 0 Å². The summed E-state index contributed by atoms with van der Waals surface area (Å²) in [5, 5.41) is 3.46. The Balaban J connectivity index is 2.56. The first-order chi connectivity index (χ1) is 7.66. The van der Waals surface area contributed by atoms with Crippen LogP contribution >= 0.6 is 0 Å². The van der Waals surface area contributed by atoms with Gasteiger partial charge in [-0.05, 0) is 38.4 Å². The van der Waals surface area contributed by atoms with E-state index in [9.17, 15) is 0 Å². The molecule has 1 atom stereocenters. The average molecular weight is 220 g/mol. The number of nitrogens with zero attached hydrogens (tertiary/aromatic N) is 1. The molecule has 0 bridgehead atoms. The Morgan fingerprint density at radius 3 is 2.62 bits per heavy atom. The Morgan fingerprint density at radius 1 is 1.31 bits per heavy atom. The second kappa shape index (κ2) is 6.54. The molecule has 0 spiro atoms. The molecule has 0 heterocycles. The zero-order chi connectivity index (χ0) is 12.0. The topological polar surface area (TPSA) is 15.3 Å². The zero-order valence-electron chi connectivity index (χ0n) is 11.0. The van der Waals surface area contributed by atoms with Crippen LogP contribution in [0.15, 0.2) is 24.3 Å². The molecule has 1 unspecified atom stereocenters. The van der Waals surface area contributed by atoms with Gasteiger partial charge in [0.1, 0.15) is 0 Å². The van der Waals surface area contributed by atoms with Crippen molar-refractivity contribution >= 4 is 5.69 Å². The molecule has 0 amide bonds. The normalized spacial score (nSPS) is 12.5. The molecule has 16 heavy (non-hydrogen) atoms. The molecule has 1 aromatic rings. The van der Waals surface area contributed by atoms with E-state index in [-0.39, 0.29) is 0 Å². The van der Waals surface area contributed by atoms with E-state index >= 15 is 0 Å². The predicted octanol–water partition coefficient (Wildman–Crippen LogP) is 2.82. The maximum absolute atomic E-state index is 3.46. The van der Waals surface area contributed by atoms with Crippen LogP contribution in [0.2, 0.25) is 0 Å². The van der Waals surface area contributed by atoms with E-state index in [1.807, 2.05) is 0 Å². The molecular weight excluding hydrogens is 196 g/mol. The Bertz CT molecular complexity index is 309. The van der Waals surface area contributed by atoms with Gasteiger partial charge in [-0.2, -0.15) is 0 Å². The number of benzene rings is 1. The third-order valence-corrected chi connectivity index (χ3v) is 3.02. The van der Waals surface area contributed by atoms with Gasteiger partial charge in [0.05, 0.1) is 0 Å². The Hall–Kier alpha value is -1.02. The van der Waals surface area contributed by atoms with Gasteiger partial charge >= 0.3 is 0 Å². The van der Waals surface area contributed by atoms with Crippen LogP contribution in [0.25, 0.3) is 0 Å². The average Bonchev–Trinajstić information content (AvgIpc) is 2.29. The van der Waals surface area contributed by atoms with Crippen LogP contribution in [-0.2, 0) is 0 Å². The summed E-state index contributed by atoms with van der Waals surface area (Å²) in [5.41, 5.74) is 2.67. The summed E-state index contributed by atoms with van der Waals surface area (Å²) in [6.45, 7) is 8.76. The molecule has 0 aliphatic heterocycles. The second-order valence-corrected chi connectivity index (χ2v) is 4.45. The van der Waals surface area contributed by atoms with Crippen molar-refractivity contribution in [2.75, 3.05) is 25.0 Å². The van der Waals surface area contributed by atoms with E-state index in [2.05, 4.69) is 62.3 Å². The standard InChI is InChI=1S/C14H24N2/c1-5-10-15-11-13(3)16(4)14-9-7-6-8-12(14)2/h6-9,13,15H,5,10-11H2,1-4H3. The minimum Gasteiger partial charge on any atom is -0.370 e. The highest BCUT2D eigenvalue weighted by atomic mass is 15.1. The molecule has 0 fully saturated rings. The quantitative estimate of drug-likeness (QED) is 0.742. The van der Waals surface area contributed by atoms with Gasteiger partial charge in [-0.3, -0.25) is 0 Å². The van der Waals surface area contributed by atoms with E-state index in [1.54, 1.807) is 0 Å². The molecule has 1 rings (SSSR count). The van der Waals surface area contributed by atoms with E-state index in [0.29, 0.717) is 6.04 Å². The Kier molecular flexibility index (Phi) is 5.33. The largest absolute Gasteiger partial charge is 0.370 e. The van der Waals surface area contributed by atoms with Gasteiger partial charge in [0, 0.05) is 25.3 Å². The monoisotopic (exact) mass is 220 g/mol. The maximum Gasteiger partial charge on any atom is 0.0396 e. The summed E-state index contributed by atoms with van der Waals surface area (Å²) in [6, 6.07) is 9.06. The van der Waals surface area contributed by atoms with Crippen LogP contribution in [0, 0.1) is 6.92 Å². The van der Waals surface area contributed by atoms with Crippen LogP contribution in [0.1, 0.15) is 25.8 Å². The molecule has 1 N–H and O–H groups in total. The summed E-state index contributed by atoms with van der Waals surface area (Å²) in [4.78, 5) is 2.35. The fourth-order valence-electron chi connectivity index (χ4n) is 1.82. The molecule has 0 aliphatic carbocycles. The smallest absolute Gasteiger partial charge is 0.0396 e. The number of para-hydroxylation sites is 1. The molecule has 0 aromatic heterocycles. The zero-order valence-corrected chi connectivity index (χ0v) is 11.0. The van der Waals surface area contributed by atoms with Crippen molar-refractivity contribution in [2.24, 2.45) is 0 Å². The van der Waals surface area contributed by atoms with E-state index in [1.165, 1.54) is 17.7 Å². The molecule has 1 aromatic carbocycles. The van der Waals surface area contributed by atoms with Crippen molar-refractivity contribution in [3.8, 4) is 0 Å². The molecule has 0 radical (unpaired) electrons. The second-order valence-electron chi connectivity index (χ2n) is 4.45. The minimum atomic E-state index is 0.521. The number of anilines is 1. The summed E-state index contributed by atoms with van der Waals surface area (Å²) < 4.78 is 0. The lowest BCUT2D eigenvalue weighted by Gasteiger charge is -2.28. The first-order valence-corrected chi connectivity index (χ1v) is 6.16. The van der Waals surface area contributed by atoms with Gasteiger partial charge < -0.3 is 10.2 Å². The van der Waals surface area contributed by atoms with E-state index < -0.39 is 0 Å². The maximum atomic E-state index is 3.46. The summed E-state index contributed by atoms with van der Waals surface area (Å²) >= 11 is 0. The van der Waals surface area contributed by atoms with Gasteiger partial charge in [0.15, 0.2) is 0 Å². The lowest BCUT2D eigenvalue weighted by Crippen LogP contribution is -2.38. The molecule has 90 valence electrons. The van der Waals surface area contributed by atoms with E-state index in [0.717, 1.165) is 13.1 Å². The van der Waals surface area contributed by atoms with Gasteiger partial charge in [-0.25, -0.2) is 0 Å². The number of hydrogen-bond acceptors (Lipinski definition) is 2. The molecule has 0 saturated carbocycles. The van der Waals surface area contributed by atoms with Crippen molar-refractivity contribution < 1.29 is 0 Å². The van der Waals surface area contributed by atoms with Crippen molar-refractivity contribution in [2.45, 2.75) is 33.2 Å². The number of hydrogen-bond donors (Lipinski definition) is 1. The lowest BCUT2D eigenvalue weighted by atomic mass is 10.1. The summed E-state index contributed by atoms with van der Waals surface area (Å²) in [5.74, 6) is 0. The molecule has 2 nitrogen and oxygen atoms in total. The highest BCUT2D eigenvalue weighted by Crippen LogP contribution is 2.19. The fraction of sp³-hybridized carbons (Fsp3) is 0.571. The van der Waals surface area contributed by atoms with Gasteiger partial charge in [0.2, 0.25) is 0 Å². The van der Waals surface area contributed by atoms with Crippen molar-refractivity contribution in [1.29, 1.82) is 0 Å². The third kappa shape index (κ3) is 3.53. The number of nitrogens with one attached hydrogen (secondary N) is 1. The van der Waals surface area contributed by atoms with Crippen LogP contribution in [0.4, 0.5) is 5.69 Å². The first-order valence-electron chi connectivity index (χ1n) is 6.16. The van der Waals surface area contributed by atoms with Crippen molar-refractivity contribution in [3.05, 3.63) is 29.8 Å². The summed E-state index contributed by atoms with van der Waals surface area (Å²) in [7, 11) is 2.17. The lowest BCUT2D eigenvalue weighted by molar-refractivity contribution is 0.581. The Morgan fingerprint density at radius 2 is 2.00 bits per heavy atom. The van der Waals surface area contributed by atoms with Gasteiger partial charge in [0.25, 0.3) is 0 Å². The Labute approximate surface area is 99.7 Å². The van der Waals surface area contributed by atoms with E-state index in [4.69, 9.17) is 0 Å². The van der Waals surface area contributed by atoms with Crippen LogP contribution in [-0.4, -0.2) is 26.2 Å². The predicted molar refractivity (Wildman–Crippen MR) is 72.2 cm³/mol. The first kappa shape index (κ1) is 13.0. The highest BCUT2D eigenvalue weighted by Gasteiger charge is 2.10. The number of aryl methyl sites for hydroxylation is 1. The molecule has 0 saturated heterocycles. The molecule has 0 aliphatic rings. The fourth-order valence-corrected chi connectivity index (χ4v) is 1.82. The van der Waals surface area contributed by atoms with Crippen LogP contribution < -0.4 is 10.2 Å². The SMILES string of the molecule is CCCNCC(C)N(C)c1ccccc1C. The van der Waals surface area contributed by atoms with Gasteiger partial charge in [-0.15, -0.1) is 0 Å². The molecule has 2 heteroatoms. The van der Waals surface area contributed by atoms with Gasteiger partial charge in [-0.1, -0.05) is 25.1 Å².